The molecule has 0 spiro atoms. The van der Waals surface area contributed by atoms with Crippen molar-refractivity contribution in [2.24, 2.45) is 0 Å². The van der Waals surface area contributed by atoms with Gasteiger partial charge in [-0.3, -0.25) is 9.52 Å². The summed E-state index contributed by atoms with van der Waals surface area (Å²) in [5, 5.41) is 0.649. The first-order chi connectivity index (χ1) is 13.2. The number of nitrogens with zero attached hydrogens (tertiary/aromatic N) is 1. The Balaban J connectivity index is 2.13. The van der Waals surface area contributed by atoms with E-state index < -0.39 is 21.8 Å². The zero-order valence-electron chi connectivity index (χ0n) is 15.2. The minimum Gasteiger partial charge on any atom is -0.465 e. The van der Waals surface area contributed by atoms with Crippen LogP contribution >= 0.6 is 11.6 Å². The lowest BCUT2D eigenvalue weighted by atomic mass is 10.2. The molecule has 0 atom stereocenters. The number of ether oxygens (including phenoxy) is 1. The number of aromatic nitrogens is 1. The maximum Gasteiger partial charge on any atom is 0.325 e. The molecular formula is C19H18ClFN2O4S. The topological polar surface area (TPSA) is 77.4 Å². The zero-order valence-corrected chi connectivity index (χ0v) is 16.8. The van der Waals surface area contributed by atoms with Crippen molar-refractivity contribution >= 4 is 44.2 Å². The largest absolute Gasteiger partial charge is 0.465 e. The normalized spacial score (nSPS) is 11.6. The van der Waals surface area contributed by atoms with Gasteiger partial charge in [-0.25, -0.2) is 12.8 Å². The average Bonchev–Trinajstić information content (AvgIpc) is 2.88. The third-order valence-corrected chi connectivity index (χ3v) is 5.99. The molecule has 3 rings (SSSR count). The number of sulfonamides is 1. The number of hydrogen-bond acceptors (Lipinski definition) is 4. The molecule has 0 aliphatic rings. The maximum absolute atomic E-state index is 13.9. The van der Waals surface area contributed by atoms with Crippen LogP contribution in [0.3, 0.4) is 0 Å². The Morgan fingerprint density at radius 3 is 2.54 bits per heavy atom. The van der Waals surface area contributed by atoms with Crippen molar-refractivity contribution < 1.29 is 22.3 Å². The van der Waals surface area contributed by atoms with Crippen molar-refractivity contribution in [2.75, 3.05) is 11.3 Å². The third kappa shape index (κ3) is 3.98. The van der Waals surface area contributed by atoms with E-state index in [9.17, 15) is 17.6 Å². The Morgan fingerprint density at radius 2 is 1.89 bits per heavy atom. The predicted octanol–water partition coefficient (Wildman–Crippen LogP) is 4.11. The van der Waals surface area contributed by atoms with Crippen LogP contribution in [0.15, 0.2) is 47.4 Å². The highest BCUT2D eigenvalue weighted by Crippen LogP contribution is 2.32. The molecule has 0 aliphatic carbocycles. The molecule has 9 heteroatoms. The average molecular weight is 425 g/mol. The second-order valence-corrected chi connectivity index (χ2v) is 8.14. The molecule has 0 fully saturated rings. The molecule has 1 N–H and O–H groups in total. The third-order valence-electron chi connectivity index (χ3n) is 4.19. The molecule has 2 aromatic carbocycles. The molecule has 0 unspecified atom stereocenters. The molecule has 6 nitrogen and oxygen atoms in total. The second kappa shape index (κ2) is 7.81. The monoisotopic (exact) mass is 424 g/mol. The Morgan fingerprint density at radius 1 is 1.21 bits per heavy atom. The van der Waals surface area contributed by atoms with Gasteiger partial charge in [-0.1, -0.05) is 11.6 Å². The summed E-state index contributed by atoms with van der Waals surface area (Å²) >= 11 is 5.83. The fraction of sp³-hybridized carbons (Fsp3) is 0.211. The van der Waals surface area contributed by atoms with Crippen LogP contribution in [0.4, 0.5) is 10.1 Å². The number of halogens is 2. The lowest BCUT2D eigenvalue weighted by molar-refractivity contribution is -0.143. The molecule has 148 valence electrons. The van der Waals surface area contributed by atoms with Gasteiger partial charge in [-0.05, 0) is 56.3 Å². The Bertz CT molecular complexity index is 1140. The van der Waals surface area contributed by atoms with Crippen molar-refractivity contribution in [1.82, 2.24) is 4.57 Å². The highest BCUT2D eigenvalue weighted by atomic mass is 35.5. The van der Waals surface area contributed by atoms with Crippen molar-refractivity contribution in [3.63, 3.8) is 0 Å². The number of esters is 1. The number of nitrogens with one attached hydrogen (secondary N) is 1. The molecule has 0 amide bonds. The van der Waals surface area contributed by atoms with Gasteiger partial charge in [0.2, 0.25) is 0 Å². The molecule has 1 aromatic heterocycles. The fourth-order valence-electron chi connectivity index (χ4n) is 3.03. The molecule has 1 heterocycles. The van der Waals surface area contributed by atoms with E-state index in [-0.39, 0.29) is 23.4 Å². The number of hydrogen-bond donors (Lipinski definition) is 1. The van der Waals surface area contributed by atoms with Gasteiger partial charge in [0.05, 0.1) is 12.1 Å². The number of carbonyl (C=O) groups is 1. The molecular weight excluding hydrogens is 407 g/mol. The summed E-state index contributed by atoms with van der Waals surface area (Å²) in [5.74, 6) is -1.09. The zero-order chi connectivity index (χ0) is 20.5. The van der Waals surface area contributed by atoms with E-state index in [1.165, 1.54) is 28.8 Å². The quantitative estimate of drug-likeness (QED) is 0.604. The number of carbonyl (C=O) groups excluding carboxylic acids is 1. The van der Waals surface area contributed by atoms with Gasteiger partial charge < -0.3 is 9.30 Å². The molecule has 0 saturated heterocycles. The van der Waals surface area contributed by atoms with Crippen molar-refractivity contribution in [2.45, 2.75) is 25.3 Å². The predicted molar refractivity (Wildman–Crippen MR) is 106 cm³/mol. The second-order valence-electron chi connectivity index (χ2n) is 6.08. The van der Waals surface area contributed by atoms with Crippen LogP contribution in [0.2, 0.25) is 5.02 Å². The number of benzene rings is 2. The standard InChI is InChI=1S/C19H18ClFN2O4S/c1-3-27-18(24)11-23-12(2)19(16-10-14(21)6-9-17(16)23)28(25,26)22-15-7-4-13(20)5-8-15/h4-10,22H,3,11H2,1-2H3. The van der Waals surface area contributed by atoms with Crippen LogP contribution in [0, 0.1) is 12.7 Å². The van der Waals surface area contributed by atoms with Gasteiger partial charge >= 0.3 is 5.97 Å². The summed E-state index contributed by atoms with van der Waals surface area (Å²) in [5.41, 5.74) is 1.03. The van der Waals surface area contributed by atoms with Crippen molar-refractivity contribution in [3.8, 4) is 0 Å². The number of fused-ring (bicyclic) bond motifs is 1. The Labute approximate surface area is 166 Å². The van der Waals surface area contributed by atoms with E-state index >= 15 is 0 Å². The summed E-state index contributed by atoms with van der Waals surface area (Å²) in [6.45, 7) is 3.26. The minimum atomic E-state index is -4.06. The van der Waals surface area contributed by atoms with Crippen LogP contribution in [0.1, 0.15) is 12.6 Å². The van der Waals surface area contributed by atoms with Gasteiger partial charge in [0.15, 0.2) is 0 Å². The summed E-state index contributed by atoms with van der Waals surface area (Å²) < 4.78 is 48.9. The number of rotatable bonds is 6. The van der Waals surface area contributed by atoms with E-state index in [1.807, 2.05) is 0 Å². The summed E-state index contributed by atoms with van der Waals surface area (Å²) in [4.78, 5) is 11.9. The first-order valence-electron chi connectivity index (χ1n) is 8.45. The molecule has 3 aromatic rings. The smallest absolute Gasteiger partial charge is 0.325 e. The molecule has 0 saturated carbocycles. The van der Waals surface area contributed by atoms with E-state index in [4.69, 9.17) is 16.3 Å². The molecule has 0 aliphatic heterocycles. The fourth-order valence-corrected chi connectivity index (χ4v) is 4.65. The summed E-state index contributed by atoms with van der Waals surface area (Å²) in [7, 11) is -4.06. The van der Waals surface area contributed by atoms with E-state index in [1.54, 1.807) is 26.0 Å². The van der Waals surface area contributed by atoms with Gasteiger partial charge in [-0.15, -0.1) is 0 Å². The van der Waals surface area contributed by atoms with Crippen molar-refractivity contribution in [3.05, 3.63) is 59.0 Å². The van der Waals surface area contributed by atoms with Gasteiger partial charge in [-0.2, -0.15) is 0 Å². The van der Waals surface area contributed by atoms with Crippen molar-refractivity contribution in [1.29, 1.82) is 0 Å². The molecule has 0 bridgehead atoms. The highest BCUT2D eigenvalue weighted by Gasteiger charge is 2.26. The number of anilines is 1. The lowest BCUT2D eigenvalue weighted by Gasteiger charge is -2.10. The summed E-state index contributed by atoms with van der Waals surface area (Å²) in [6.07, 6.45) is 0. The van der Waals surface area contributed by atoms with E-state index in [0.29, 0.717) is 21.9 Å². The van der Waals surface area contributed by atoms with Crippen LogP contribution in [-0.2, 0) is 26.1 Å². The maximum atomic E-state index is 13.9. The molecule has 0 radical (unpaired) electrons. The summed E-state index contributed by atoms with van der Waals surface area (Å²) in [6, 6.07) is 9.94. The SMILES string of the molecule is CCOC(=O)Cn1c(C)c(S(=O)(=O)Nc2ccc(Cl)cc2)c2cc(F)ccc21. The Kier molecular flexibility index (Phi) is 5.62. The van der Waals surface area contributed by atoms with Crippen LogP contribution in [0.5, 0.6) is 0 Å². The minimum absolute atomic E-state index is 0.0961. The van der Waals surface area contributed by atoms with E-state index in [2.05, 4.69) is 4.72 Å². The lowest BCUT2D eigenvalue weighted by Crippen LogP contribution is -2.17. The van der Waals surface area contributed by atoms with Gasteiger partial charge in [0, 0.05) is 21.8 Å². The van der Waals surface area contributed by atoms with Gasteiger partial charge in [0.25, 0.3) is 10.0 Å². The van der Waals surface area contributed by atoms with Crippen LogP contribution in [-0.4, -0.2) is 25.6 Å². The first kappa shape index (κ1) is 20.2. The molecule has 28 heavy (non-hydrogen) atoms. The Hall–Kier alpha value is -2.58. The van der Waals surface area contributed by atoms with Gasteiger partial charge in [0.1, 0.15) is 17.3 Å². The first-order valence-corrected chi connectivity index (χ1v) is 10.3. The van der Waals surface area contributed by atoms with Crippen LogP contribution < -0.4 is 4.72 Å². The van der Waals surface area contributed by atoms with Crippen LogP contribution in [0.25, 0.3) is 10.9 Å². The van der Waals surface area contributed by atoms with E-state index in [0.717, 1.165) is 6.07 Å². The highest BCUT2D eigenvalue weighted by molar-refractivity contribution is 7.93.